The molecule has 4 amide bonds. The molecule has 1 aromatic rings. The molecule has 2 aliphatic rings. The fraction of sp³-hybridized carbons (Fsp3) is 0.583. The molecule has 2 aliphatic heterocycles. The van der Waals surface area contributed by atoms with Crippen molar-refractivity contribution in [3.05, 3.63) is 23.8 Å². The lowest BCUT2D eigenvalue weighted by Crippen LogP contribution is -2.51. The zero-order valence-corrected chi connectivity index (χ0v) is 20.1. The lowest BCUT2D eigenvalue weighted by Gasteiger charge is -2.35. The molecule has 1 unspecified atom stereocenters. The second-order valence-corrected chi connectivity index (χ2v) is 9.78. The Hall–Kier alpha value is -3.10. The number of nitrogens with one attached hydrogen (secondary N) is 1. The number of carbonyl (C=O) groups excluding carboxylic acids is 4. The maximum Gasteiger partial charge on any atom is 0.410 e. The summed E-state index contributed by atoms with van der Waals surface area (Å²) < 4.78 is 5.48. The van der Waals surface area contributed by atoms with E-state index in [-0.39, 0.29) is 30.2 Å². The smallest absolute Gasteiger partial charge is 0.410 e. The highest BCUT2D eigenvalue weighted by Gasteiger charge is 2.32. The number of imide groups is 1. The van der Waals surface area contributed by atoms with Gasteiger partial charge in [0.2, 0.25) is 18.2 Å². The van der Waals surface area contributed by atoms with Crippen LogP contribution in [-0.4, -0.2) is 68.0 Å². The monoisotopic (exact) mass is 458 g/mol. The van der Waals surface area contributed by atoms with E-state index in [2.05, 4.69) is 5.32 Å². The Kier molecular flexibility index (Phi) is 7.29. The highest BCUT2D eigenvalue weighted by atomic mass is 16.6. The number of anilines is 2. The summed E-state index contributed by atoms with van der Waals surface area (Å²) in [5.41, 5.74) is 2.01. The van der Waals surface area contributed by atoms with Gasteiger partial charge in [0.25, 0.3) is 0 Å². The standard InChI is InChI=1S/C24H34N4O5/c1-24(2,3)33-23(32)28-12-10-16(11-13-28)17-6-7-18(20(14-17)26(4)15-29)27(5)19-8-9-21(30)25-22(19)31/h6-7,14-16,19H,8-13H2,1-5H3,(H,25,30,31). The summed E-state index contributed by atoms with van der Waals surface area (Å²) in [6.45, 7) is 6.79. The zero-order chi connectivity index (χ0) is 24.3. The molecule has 0 bridgehead atoms. The van der Waals surface area contributed by atoms with E-state index in [9.17, 15) is 19.2 Å². The third kappa shape index (κ3) is 5.83. The molecule has 9 nitrogen and oxygen atoms in total. The number of hydrogen-bond donors (Lipinski definition) is 1. The average Bonchev–Trinajstić information content (AvgIpc) is 2.76. The number of carbonyl (C=O) groups is 4. The zero-order valence-electron chi connectivity index (χ0n) is 20.1. The molecule has 2 heterocycles. The van der Waals surface area contributed by atoms with Gasteiger partial charge in [-0.2, -0.15) is 0 Å². The lowest BCUT2D eigenvalue weighted by molar-refractivity contribution is -0.134. The largest absolute Gasteiger partial charge is 0.444 e. The van der Waals surface area contributed by atoms with Crippen molar-refractivity contribution < 1.29 is 23.9 Å². The molecular weight excluding hydrogens is 424 g/mol. The SMILES string of the molecule is CN(C=O)c1cc(C2CCN(C(=O)OC(C)(C)C)CC2)ccc1N(C)C1CCC(=O)NC1=O. The first-order valence-electron chi connectivity index (χ1n) is 11.4. The van der Waals surface area contributed by atoms with Crippen molar-refractivity contribution in [2.45, 2.75) is 64.0 Å². The summed E-state index contributed by atoms with van der Waals surface area (Å²) in [5, 5.41) is 2.39. The van der Waals surface area contributed by atoms with Gasteiger partial charge in [0.1, 0.15) is 11.6 Å². The Morgan fingerprint density at radius 3 is 2.36 bits per heavy atom. The van der Waals surface area contributed by atoms with Gasteiger partial charge in [0.15, 0.2) is 0 Å². The van der Waals surface area contributed by atoms with E-state index in [1.807, 2.05) is 43.9 Å². The molecule has 1 N–H and O–H groups in total. The van der Waals surface area contributed by atoms with Crippen molar-refractivity contribution >= 4 is 35.7 Å². The van der Waals surface area contributed by atoms with Gasteiger partial charge in [-0.05, 0) is 63.6 Å². The topological polar surface area (TPSA) is 99.3 Å². The Morgan fingerprint density at radius 2 is 1.79 bits per heavy atom. The van der Waals surface area contributed by atoms with Crippen molar-refractivity contribution in [2.75, 3.05) is 37.0 Å². The van der Waals surface area contributed by atoms with E-state index in [0.717, 1.165) is 30.5 Å². The highest BCUT2D eigenvalue weighted by molar-refractivity contribution is 6.02. The van der Waals surface area contributed by atoms with Crippen LogP contribution in [0.4, 0.5) is 16.2 Å². The van der Waals surface area contributed by atoms with Crippen LogP contribution in [-0.2, 0) is 19.1 Å². The van der Waals surface area contributed by atoms with Crippen molar-refractivity contribution in [3.63, 3.8) is 0 Å². The van der Waals surface area contributed by atoms with E-state index in [1.165, 1.54) is 4.90 Å². The van der Waals surface area contributed by atoms with Crippen LogP contribution in [0.1, 0.15) is 57.9 Å². The van der Waals surface area contributed by atoms with E-state index in [1.54, 1.807) is 19.0 Å². The van der Waals surface area contributed by atoms with Gasteiger partial charge in [-0.25, -0.2) is 4.79 Å². The van der Waals surface area contributed by atoms with E-state index >= 15 is 0 Å². The predicted molar refractivity (Wildman–Crippen MR) is 125 cm³/mol. The van der Waals surface area contributed by atoms with E-state index in [4.69, 9.17) is 4.74 Å². The number of ether oxygens (including phenoxy) is 1. The molecule has 0 spiro atoms. The fourth-order valence-electron chi connectivity index (χ4n) is 4.37. The van der Waals surface area contributed by atoms with Crippen LogP contribution >= 0.6 is 0 Å². The molecule has 180 valence electrons. The van der Waals surface area contributed by atoms with Crippen molar-refractivity contribution in [1.82, 2.24) is 10.2 Å². The van der Waals surface area contributed by atoms with Crippen LogP contribution in [0.25, 0.3) is 0 Å². The fourth-order valence-corrected chi connectivity index (χ4v) is 4.37. The van der Waals surface area contributed by atoms with Crippen LogP contribution in [0.3, 0.4) is 0 Å². The molecule has 0 radical (unpaired) electrons. The first kappa shape index (κ1) is 24.5. The van der Waals surface area contributed by atoms with E-state index in [0.29, 0.717) is 25.2 Å². The Balaban J connectivity index is 1.76. The van der Waals surface area contributed by atoms with Gasteiger partial charge >= 0.3 is 6.09 Å². The maximum atomic E-state index is 12.4. The molecule has 0 saturated carbocycles. The van der Waals surface area contributed by atoms with Crippen LogP contribution < -0.4 is 15.1 Å². The summed E-state index contributed by atoms with van der Waals surface area (Å²) in [6.07, 6.45) is 2.76. The molecule has 0 aliphatic carbocycles. The number of piperidine rings is 2. The quantitative estimate of drug-likeness (QED) is 0.538. The molecule has 9 heteroatoms. The van der Waals surface area contributed by atoms with Crippen molar-refractivity contribution in [1.29, 1.82) is 0 Å². The number of rotatable bonds is 5. The minimum atomic E-state index is -0.521. The minimum Gasteiger partial charge on any atom is -0.444 e. The second-order valence-electron chi connectivity index (χ2n) is 9.78. The molecule has 0 aromatic heterocycles. The number of amides is 4. The van der Waals surface area contributed by atoms with Gasteiger partial charge in [-0.1, -0.05) is 6.07 Å². The minimum absolute atomic E-state index is 0.248. The number of benzene rings is 1. The summed E-state index contributed by atoms with van der Waals surface area (Å²) in [7, 11) is 3.48. The van der Waals surface area contributed by atoms with Crippen molar-refractivity contribution in [2.24, 2.45) is 0 Å². The van der Waals surface area contributed by atoms with Gasteiger partial charge < -0.3 is 19.4 Å². The van der Waals surface area contributed by atoms with Crippen LogP contribution in [0, 0.1) is 0 Å². The summed E-state index contributed by atoms with van der Waals surface area (Å²) in [6, 6.07) is 5.45. The molecule has 1 aromatic carbocycles. The van der Waals surface area contributed by atoms with Crippen LogP contribution in [0.5, 0.6) is 0 Å². The van der Waals surface area contributed by atoms with Crippen LogP contribution in [0.15, 0.2) is 18.2 Å². The highest BCUT2D eigenvalue weighted by Crippen LogP contribution is 2.36. The normalized spacial score (nSPS) is 19.7. The summed E-state index contributed by atoms with van der Waals surface area (Å²) in [5.74, 6) is -0.340. The Bertz CT molecular complexity index is 918. The van der Waals surface area contributed by atoms with Gasteiger partial charge in [-0.15, -0.1) is 0 Å². The molecule has 3 rings (SSSR count). The molecule has 2 fully saturated rings. The molecule has 1 atom stereocenters. The molecule has 2 saturated heterocycles. The third-order valence-electron chi connectivity index (χ3n) is 6.21. The first-order valence-corrected chi connectivity index (χ1v) is 11.4. The number of hydrogen-bond acceptors (Lipinski definition) is 6. The van der Waals surface area contributed by atoms with E-state index < -0.39 is 11.6 Å². The van der Waals surface area contributed by atoms with Crippen molar-refractivity contribution in [3.8, 4) is 0 Å². The number of nitrogens with zero attached hydrogens (tertiary/aromatic N) is 3. The van der Waals surface area contributed by atoms with Gasteiger partial charge in [0, 0.05) is 33.6 Å². The summed E-state index contributed by atoms with van der Waals surface area (Å²) >= 11 is 0. The third-order valence-corrected chi connectivity index (χ3v) is 6.21. The maximum absolute atomic E-state index is 12.4. The molecular formula is C24H34N4O5. The second kappa shape index (κ2) is 9.80. The lowest BCUT2D eigenvalue weighted by atomic mass is 9.88. The van der Waals surface area contributed by atoms with Gasteiger partial charge in [-0.3, -0.25) is 19.7 Å². The average molecular weight is 459 g/mol. The van der Waals surface area contributed by atoms with Gasteiger partial charge in [0.05, 0.1) is 11.4 Å². The summed E-state index contributed by atoms with van der Waals surface area (Å²) in [4.78, 5) is 52.9. The predicted octanol–water partition coefficient (Wildman–Crippen LogP) is 2.64. The Labute approximate surface area is 195 Å². The first-order chi connectivity index (χ1) is 15.5. The number of likely N-dealkylation sites (N-methyl/N-ethyl adjacent to an activating group) is 1. The van der Waals surface area contributed by atoms with Crippen LogP contribution in [0.2, 0.25) is 0 Å². The molecule has 33 heavy (non-hydrogen) atoms. The number of likely N-dealkylation sites (tertiary alicyclic amines) is 1. The Morgan fingerprint density at radius 1 is 1.12 bits per heavy atom.